The zero-order valence-corrected chi connectivity index (χ0v) is 10.1. The van der Waals surface area contributed by atoms with Crippen LogP contribution in [0.25, 0.3) is 0 Å². The highest BCUT2D eigenvalue weighted by molar-refractivity contribution is 5.38. The summed E-state index contributed by atoms with van der Waals surface area (Å²) in [7, 11) is 0. The molecule has 0 aliphatic carbocycles. The zero-order chi connectivity index (χ0) is 14.2. The first-order valence-electron chi connectivity index (χ1n) is 5.52. The standard InChI is InChI=1S/C14H11F4N/c1-14(19,8-5-9(15)7-10(16)6-8)11-3-2-4-12(17)13(11)18/h2-7H,19H2,1H3. The van der Waals surface area contributed by atoms with Crippen molar-refractivity contribution in [3.8, 4) is 0 Å². The second kappa shape index (κ2) is 4.66. The van der Waals surface area contributed by atoms with Crippen molar-refractivity contribution < 1.29 is 17.6 Å². The fraction of sp³-hybridized carbons (Fsp3) is 0.143. The van der Waals surface area contributed by atoms with Gasteiger partial charge in [-0.05, 0) is 30.7 Å². The first-order chi connectivity index (χ1) is 8.82. The molecule has 1 unspecified atom stereocenters. The van der Waals surface area contributed by atoms with Crippen molar-refractivity contribution in [2.75, 3.05) is 0 Å². The van der Waals surface area contributed by atoms with Gasteiger partial charge in [-0.2, -0.15) is 0 Å². The highest BCUT2D eigenvalue weighted by Crippen LogP contribution is 2.30. The van der Waals surface area contributed by atoms with Gasteiger partial charge in [0.2, 0.25) is 0 Å². The van der Waals surface area contributed by atoms with Gasteiger partial charge in [-0.25, -0.2) is 17.6 Å². The largest absolute Gasteiger partial charge is 0.318 e. The Balaban J connectivity index is 2.61. The molecule has 0 amide bonds. The van der Waals surface area contributed by atoms with Crippen LogP contribution in [0.5, 0.6) is 0 Å². The number of hydrogen-bond donors (Lipinski definition) is 1. The maximum Gasteiger partial charge on any atom is 0.164 e. The average Bonchev–Trinajstić information content (AvgIpc) is 2.31. The molecule has 0 spiro atoms. The van der Waals surface area contributed by atoms with E-state index in [1.807, 2.05) is 0 Å². The van der Waals surface area contributed by atoms with Gasteiger partial charge in [-0.1, -0.05) is 12.1 Å². The molecule has 0 radical (unpaired) electrons. The van der Waals surface area contributed by atoms with Crippen LogP contribution in [0.15, 0.2) is 36.4 Å². The van der Waals surface area contributed by atoms with Crippen LogP contribution in [0.4, 0.5) is 17.6 Å². The van der Waals surface area contributed by atoms with E-state index in [0.29, 0.717) is 6.07 Å². The molecule has 2 N–H and O–H groups in total. The van der Waals surface area contributed by atoms with E-state index in [2.05, 4.69) is 0 Å². The molecule has 2 aromatic rings. The van der Waals surface area contributed by atoms with Crippen molar-refractivity contribution in [1.29, 1.82) is 0 Å². The summed E-state index contributed by atoms with van der Waals surface area (Å²) in [6, 6.07) is 6.18. The minimum Gasteiger partial charge on any atom is -0.318 e. The summed E-state index contributed by atoms with van der Waals surface area (Å²) in [5, 5.41) is 0. The summed E-state index contributed by atoms with van der Waals surface area (Å²) in [5.41, 5.74) is 4.23. The quantitative estimate of drug-likeness (QED) is 0.830. The Morgan fingerprint density at radius 2 is 1.53 bits per heavy atom. The summed E-state index contributed by atoms with van der Waals surface area (Å²) in [6.45, 7) is 1.36. The van der Waals surface area contributed by atoms with Gasteiger partial charge in [0.25, 0.3) is 0 Å². The lowest BCUT2D eigenvalue weighted by Gasteiger charge is -2.26. The molecule has 0 bridgehead atoms. The number of halogens is 4. The van der Waals surface area contributed by atoms with E-state index < -0.39 is 28.8 Å². The molecule has 0 saturated heterocycles. The SMILES string of the molecule is CC(N)(c1cc(F)cc(F)c1)c1cccc(F)c1F. The molecule has 0 aliphatic heterocycles. The maximum atomic E-state index is 13.7. The van der Waals surface area contributed by atoms with Crippen LogP contribution in [-0.2, 0) is 5.54 Å². The molecule has 100 valence electrons. The van der Waals surface area contributed by atoms with E-state index in [-0.39, 0.29) is 11.1 Å². The summed E-state index contributed by atoms with van der Waals surface area (Å²) in [5.74, 6) is -3.85. The Morgan fingerprint density at radius 3 is 2.11 bits per heavy atom. The van der Waals surface area contributed by atoms with Gasteiger partial charge in [-0.15, -0.1) is 0 Å². The minimum absolute atomic E-state index is 0.0227. The van der Waals surface area contributed by atoms with Crippen molar-refractivity contribution in [3.63, 3.8) is 0 Å². The first kappa shape index (κ1) is 13.5. The zero-order valence-electron chi connectivity index (χ0n) is 10.1. The van der Waals surface area contributed by atoms with Crippen LogP contribution >= 0.6 is 0 Å². The second-order valence-corrected chi connectivity index (χ2v) is 4.46. The summed E-state index contributed by atoms with van der Waals surface area (Å²) < 4.78 is 53.3. The van der Waals surface area contributed by atoms with Crippen LogP contribution in [-0.4, -0.2) is 0 Å². The Morgan fingerprint density at radius 1 is 0.947 bits per heavy atom. The molecule has 0 saturated carbocycles. The molecule has 0 aliphatic rings. The van der Waals surface area contributed by atoms with Crippen LogP contribution in [0.3, 0.4) is 0 Å². The van der Waals surface area contributed by atoms with Crippen molar-refractivity contribution >= 4 is 0 Å². The van der Waals surface area contributed by atoms with E-state index in [1.54, 1.807) is 0 Å². The van der Waals surface area contributed by atoms with E-state index in [1.165, 1.54) is 19.1 Å². The Kier molecular flexibility index (Phi) is 3.32. The molecule has 5 heteroatoms. The van der Waals surface area contributed by atoms with Crippen molar-refractivity contribution in [3.05, 3.63) is 70.8 Å². The van der Waals surface area contributed by atoms with E-state index in [0.717, 1.165) is 18.2 Å². The summed E-state index contributed by atoms with van der Waals surface area (Å²) >= 11 is 0. The van der Waals surface area contributed by atoms with Crippen LogP contribution in [0.1, 0.15) is 18.1 Å². The van der Waals surface area contributed by atoms with Gasteiger partial charge in [0.1, 0.15) is 11.6 Å². The lowest BCUT2D eigenvalue weighted by molar-refractivity contribution is 0.465. The summed E-state index contributed by atoms with van der Waals surface area (Å²) in [6.07, 6.45) is 0. The molecule has 0 heterocycles. The molecular formula is C14H11F4N. The highest BCUT2D eigenvalue weighted by Gasteiger charge is 2.29. The third-order valence-electron chi connectivity index (χ3n) is 2.97. The lowest BCUT2D eigenvalue weighted by atomic mass is 9.85. The predicted octanol–water partition coefficient (Wildman–Crippen LogP) is 3.47. The Hall–Kier alpha value is -1.88. The molecule has 2 aromatic carbocycles. The number of nitrogens with two attached hydrogens (primary N) is 1. The monoisotopic (exact) mass is 269 g/mol. The third kappa shape index (κ3) is 2.46. The topological polar surface area (TPSA) is 26.0 Å². The van der Waals surface area contributed by atoms with Gasteiger partial charge in [0.15, 0.2) is 11.6 Å². The van der Waals surface area contributed by atoms with E-state index in [4.69, 9.17) is 5.73 Å². The molecule has 19 heavy (non-hydrogen) atoms. The first-order valence-corrected chi connectivity index (χ1v) is 5.52. The molecule has 0 aromatic heterocycles. The molecule has 2 rings (SSSR count). The van der Waals surface area contributed by atoms with Gasteiger partial charge < -0.3 is 5.73 Å². The normalized spacial score (nSPS) is 14.2. The van der Waals surface area contributed by atoms with Crippen molar-refractivity contribution in [1.82, 2.24) is 0 Å². The molecule has 1 nitrogen and oxygen atoms in total. The number of benzene rings is 2. The van der Waals surface area contributed by atoms with Crippen LogP contribution < -0.4 is 5.73 Å². The van der Waals surface area contributed by atoms with Crippen molar-refractivity contribution in [2.24, 2.45) is 5.73 Å². The van der Waals surface area contributed by atoms with Crippen molar-refractivity contribution in [2.45, 2.75) is 12.5 Å². The molecule has 1 atom stereocenters. The van der Waals surface area contributed by atoms with Gasteiger partial charge >= 0.3 is 0 Å². The fourth-order valence-corrected chi connectivity index (χ4v) is 1.91. The fourth-order valence-electron chi connectivity index (χ4n) is 1.91. The van der Waals surface area contributed by atoms with Crippen LogP contribution in [0, 0.1) is 23.3 Å². The Labute approximate surface area is 107 Å². The number of hydrogen-bond acceptors (Lipinski definition) is 1. The van der Waals surface area contributed by atoms with Gasteiger partial charge in [0, 0.05) is 11.6 Å². The maximum absolute atomic E-state index is 13.7. The van der Waals surface area contributed by atoms with E-state index >= 15 is 0 Å². The number of rotatable bonds is 2. The third-order valence-corrected chi connectivity index (χ3v) is 2.97. The lowest BCUT2D eigenvalue weighted by Crippen LogP contribution is -2.35. The van der Waals surface area contributed by atoms with E-state index in [9.17, 15) is 17.6 Å². The molecule has 0 fully saturated rings. The van der Waals surface area contributed by atoms with Crippen LogP contribution in [0.2, 0.25) is 0 Å². The second-order valence-electron chi connectivity index (χ2n) is 4.46. The smallest absolute Gasteiger partial charge is 0.164 e. The predicted molar refractivity (Wildman–Crippen MR) is 63.4 cm³/mol. The molecular weight excluding hydrogens is 258 g/mol. The highest BCUT2D eigenvalue weighted by atomic mass is 19.2. The van der Waals surface area contributed by atoms with Gasteiger partial charge in [0.05, 0.1) is 5.54 Å². The average molecular weight is 269 g/mol. The summed E-state index contributed by atoms with van der Waals surface area (Å²) in [4.78, 5) is 0. The Bertz CT molecular complexity index is 603. The van der Waals surface area contributed by atoms with Gasteiger partial charge in [-0.3, -0.25) is 0 Å². The minimum atomic E-state index is -1.55.